The number of carbonyl (C=O) groups excluding carboxylic acids is 1. The molecule has 3 nitrogen and oxygen atoms in total. The second kappa shape index (κ2) is 5.04. The molecule has 1 aromatic rings. The van der Waals surface area contributed by atoms with Gasteiger partial charge in [-0.15, -0.1) is 0 Å². The van der Waals surface area contributed by atoms with Crippen molar-refractivity contribution in [3.05, 3.63) is 28.2 Å². The molecule has 5 heteroatoms. The molecule has 0 radical (unpaired) electrons. The van der Waals surface area contributed by atoms with E-state index in [1.807, 2.05) is 0 Å². The number of hydrogen-bond donors (Lipinski definition) is 1. The largest absolute Gasteiger partial charge is 0.368 e. The Kier molecular flexibility index (Phi) is 3.69. The van der Waals surface area contributed by atoms with Crippen molar-refractivity contribution in [3.63, 3.8) is 0 Å². The van der Waals surface area contributed by atoms with Crippen molar-refractivity contribution < 1.29 is 9.53 Å². The molecule has 1 fully saturated rings. The Morgan fingerprint density at radius 1 is 1.38 bits per heavy atom. The summed E-state index contributed by atoms with van der Waals surface area (Å²) in [5.41, 5.74) is 0.634. The first kappa shape index (κ1) is 11.7. The van der Waals surface area contributed by atoms with Gasteiger partial charge in [0.2, 0.25) is 0 Å². The molecule has 1 aliphatic heterocycles. The molecule has 1 unspecified atom stereocenters. The van der Waals surface area contributed by atoms with E-state index in [9.17, 15) is 4.79 Å². The SMILES string of the molecule is O=C(Nc1ccc(Cl)c(Cl)c1)C1CCCO1. The summed E-state index contributed by atoms with van der Waals surface area (Å²) in [5.74, 6) is -0.129. The molecule has 0 saturated carbocycles. The minimum Gasteiger partial charge on any atom is -0.368 e. The maximum Gasteiger partial charge on any atom is 0.253 e. The normalized spacial score (nSPS) is 19.8. The molecule has 2 rings (SSSR count). The van der Waals surface area contributed by atoms with Gasteiger partial charge in [0.25, 0.3) is 5.91 Å². The predicted octanol–water partition coefficient (Wildman–Crippen LogP) is 3.11. The zero-order valence-electron chi connectivity index (χ0n) is 8.50. The zero-order valence-corrected chi connectivity index (χ0v) is 10.0. The fourth-order valence-electron chi connectivity index (χ4n) is 1.58. The van der Waals surface area contributed by atoms with Crippen molar-refractivity contribution in [2.24, 2.45) is 0 Å². The lowest BCUT2D eigenvalue weighted by molar-refractivity contribution is -0.124. The number of amides is 1. The van der Waals surface area contributed by atoms with Crippen LogP contribution in [0.4, 0.5) is 5.69 Å². The summed E-state index contributed by atoms with van der Waals surface area (Å²) in [4.78, 5) is 11.7. The van der Waals surface area contributed by atoms with E-state index in [0.29, 0.717) is 22.3 Å². The Balaban J connectivity index is 2.02. The molecule has 1 atom stereocenters. The van der Waals surface area contributed by atoms with E-state index >= 15 is 0 Å². The minimum absolute atomic E-state index is 0.129. The van der Waals surface area contributed by atoms with Gasteiger partial charge in [0, 0.05) is 12.3 Å². The molecule has 0 bridgehead atoms. The highest BCUT2D eigenvalue weighted by Gasteiger charge is 2.23. The maximum absolute atomic E-state index is 11.7. The number of carbonyl (C=O) groups is 1. The van der Waals surface area contributed by atoms with Gasteiger partial charge in [-0.05, 0) is 31.0 Å². The predicted molar refractivity (Wildman–Crippen MR) is 64.1 cm³/mol. The standard InChI is InChI=1S/C11H11Cl2NO2/c12-8-4-3-7(6-9(8)13)14-11(15)10-2-1-5-16-10/h3-4,6,10H,1-2,5H2,(H,14,15). The van der Waals surface area contributed by atoms with Crippen LogP contribution < -0.4 is 5.32 Å². The van der Waals surface area contributed by atoms with Crippen molar-refractivity contribution in [3.8, 4) is 0 Å². The Bertz CT molecular complexity index is 403. The molecule has 16 heavy (non-hydrogen) atoms. The van der Waals surface area contributed by atoms with Gasteiger partial charge >= 0.3 is 0 Å². The fourth-order valence-corrected chi connectivity index (χ4v) is 1.88. The van der Waals surface area contributed by atoms with E-state index in [2.05, 4.69) is 5.32 Å². The molecule has 1 aliphatic rings. The smallest absolute Gasteiger partial charge is 0.253 e. The Hall–Kier alpha value is -0.770. The van der Waals surface area contributed by atoms with Crippen LogP contribution in [0, 0.1) is 0 Å². The number of nitrogens with one attached hydrogen (secondary N) is 1. The van der Waals surface area contributed by atoms with Crippen LogP contribution in [0.3, 0.4) is 0 Å². The Labute approximate surface area is 104 Å². The second-order valence-corrected chi connectivity index (χ2v) is 4.43. The first-order chi connectivity index (χ1) is 7.66. The lowest BCUT2D eigenvalue weighted by atomic mass is 10.2. The van der Waals surface area contributed by atoms with E-state index in [0.717, 1.165) is 12.8 Å². The summed E-state index contributed by atoms with van der Waals surface area (Å²) < 4.78 is 5.27. The average Bonchev–Trinajstić information content (AvgIpc) is 2.77. The Morgan fingerprint density at radius 3 is 2.81 bits per heavy atom. The van der Waals surface area contributed by atoms with Crippen LogP contribution in [-0.2, 0) is 9.53 Å². The summed E-state index contributed by atoms with van der Waals surface area (Å²) >= 11 is 11.6. The molecule has 1 heterocycles. The number of anilines is 1. The highest BCUT2D eigenvalue weighted by atomic mass is 35.5. The third-order valence-electron chi connectivity index (χ3n) is 2.41. The third kappa shape index (κ3) is 2.67. The lowest BCUT2D eigenvalue weighted by Gasteiger charge is -2.10. The summed E-state index contributed by atoms with van der Waals surface area (Å²) in [7, 11) is 0. The average molecular weight is 260 g/mol. The summed E-state index contributed by atoms with van der Waals surface area (Å²) in [5, 5.41) is 3.64. The van der Waals surface area contributed by atoms with Crippen molar-refractivity contribution in [1.82, 2.24) is 0 Å². The zero-order chi connectivity index (χ0) is 11.5. The van der Waals surface area contributed by atoms with Gasteiger partial charge in [-0.25, -0.2) is 0 Å². The monoisotopic (exact) mass is 259 g/mol. The molecule has 0 aliphatic carbocycles. The van der Waals surface area contributed by atoms with Crippen molar-refractivity contribution in [2.75, 3.05) is 11.9 Å². The minimum atomic E-state index is -0.338. The highest BCUT2D eigenvalue weighted by Crippen LogP contribution is 2.25. The summed E-state index contributed by atoms with van der Waals surface area (Å²) in [6, 6.07) is 4.98. The van der Waals surface area contributed by atoms with Crippen LogP contribution in [-0.4, -0.2) is 18.6 Å². The molecule has 0 aromatic heterocycles. The second-order valence-electron chi connectivity index (χ2n) is 3.62. The number of hydrogen-bond acceptors (Lipinski definition) is 2. The first-order valence-corrected chi connectivity index (χ1v) is 5.80. The number of halogens is 2. The highest BCUT2D eigenvalue weighted by molar-refractivity contribution is 6.42. The van der Waals surface area contributed by atoms with Crippen molar-refractivity contribution in [2.45, 2.75) is 18.9 Å². The van der Waals surface area contributed by atoms with Gasteiger partial charge in [0.15, 0.2) is 0 Å². The summed E-state index contributed by atoms with van der Waals surface area (Å²) in [6.07, 6.45) is 1.36. The molecule has 1 N–H and O–H groups in total. The third-order valence-corrected chi connectivity index (χ3v) is 3.15. The van der Waals surface area contributed by atoms with Gasteiger partial charge in [-0.1, -0.05) is 23.2 Å². The van der Waals surface area contributed by atoms with Gasteiger partial charge in [-0.2, -0.15) is 0 Å². The van der Waals surface area contributed by atoms with E-state index < -0.39 is 0 Å². The number of ether oxygens (including phenoxy) is 1. The molecule has 0 spiro atoms. The van der Waals surface area contributed by atoms with E-state index in [1.165, 1.54) is 0 Å². The van der Waals surface area contributed by atoms with Gasteiger partial charge in [0.05, 0.1) is 10.0 Å². The van der Waals surface area contributed by atoms with Crippen LogP contribution in [0.1, 0.15) is 12.8 Å². The van der Waals surface area contributed by atoms with E-state index in [1.54, 1.807) is 18.2 Å². The molecule has 1 amide bonds. The van der Waals surface area contributed by atoms with Crippen LogP contribution in [0.25, 0.3) is 0 Å². The van der Waals surface area contributed by atoms with E-state index in [4.69, 9.17) is 27.9 Å². The number of benzene rings is 1. The van der Waals surface area contributed by atoms with Crippen LogP contribution in [0.2, 0.25) is 10.0 Å². The topological polar surface area (TPSA) is 38.3 Å². The molecule has 1 saturated heterocycles. The molecule has 1 aromatic carbocycles. The quantitative estimate of drug-likeness (QED) is 0.887. The van der Waals surface area contributed by atoms with Gasteiger partial charge in [0.1, 0.15) is 6.10 Å². The van der Waals surface area contributed by atoms with Crippen LogP contribution in [0.5, 0.6) is 0 Å². The van der Waals surface area contributed by atoms with Crippen LogP contribution in [0.15, 0.2) is 18.2 Å². The molecular weight excluding hydrogens is 249 g/mol. The van der Waals surface area contributed by atoms with E-state index in [-0.39, 0.29) is 12.0 Å². The van der Waals surface area contributed by atoms with Crippen LogP contribution >= 0.6 is 23.2 Å². The fraction of sp³-hybridized carbons (Fsp3) is 0.364. The van der Waals surface area contributed by atoms with Gasteiger partial charge in [-0.3, -0.25) is 4.79 Å². The van der Waals surface area contributed by atoms with Crippen molar-refractivity contribution in [1.29, 1.82) is 0 Å². The van der Waals surface area contributed by atoms with Crippen molar-refractivity contribution >= 4 is 34.8 Å². The lowest BCUT2D eigenvalue weighted by Crippen LogP contribution is -2.26. The maximum atomic E-state index is 11.7. The first-order valence-electron chi connectivity index (χ1n) is 5.04. The molecular formula is C11H11Cl2NO2. The number of rotatable bonds is 2. The Morgan fingerprint density at radius 2 is 2.19 bits per heavy atom. The molecule has 86 valence electrons. The van der Waals surface area contributed by atoms with Gasteiger partial charge < -0.3 is 10.1 Å². The summed E-state index contributed by atoms with van der Waals surface area (Å²) in [6.45, 7) is 0.652.